The Bertz CT molecular complexity index is 870. The van der Waals surface area contributed by atoms with Crippen molar-refractivity contribution in [2.45, 2.75) is 38.1 Å². The number of hydrogen-bond donors (Lipinski definition) is 1. The second-order valence-electron chi connectivity index (χ2n) is 7.32. The number of furan rings is 1. The summed E-state index contributed by atoms with van der Waals surface area (Å²) in [5.74, 6) is 1.45. The fourth-order valence-corrected chi connectivity index (χ4v) is 4.13. The molecule has 0 saturated heterocycles. The van der Waals surface area contributed by atoms with Crippen LogP contribution in [0, 0.1) is 5.92 Å². The van der Waals surface area contributed by atoms with Crippen LogP contribution < -0.4 is 5.32 Å². The lowest BCUT2D eigenvalue weighted by atomic mass is 9.81. The number of carbonyl (C=O) groups excluding carboxylic acids is 1. The zero-order valence-electron chi connectivity index (χ0n) is 15.4. The van der Waals surface area contributed by atoms with Crippen molar-refractivity contribution >= 4 is 5.91 Å². The first-order chi connectivity index (χ1) is 13.3. The molecule has 27 heavy (non-hydrogen) atoms. The molecule has 1 aromatic heterocycles. The van der Waals surface area contributed by atoms with Gasteiger partial charge in [-0.1, -0.05) is 61.4 Å². The van der Waals surface area contributed by atoms with Crippen molar-refractivity contribution in [3.8, 4) is 11.1 Å². The molecule has 1 amide bonds. The Morgan fingerprint density at radius 2 is 1.70 bits per heavy atom. The van der Waals surface area contributed by atoms with Gasteiger partial charge in [0.05, 0.1) is 6.26 Å². The minimum absolute atomic E-state index is 0.0193. The Hall–Kier alpha value is -2.81. The maximum atomic E-state index is 13.1. The summed E-state index contributed by atoms with van der Waals surface area (Å²) in [5.41, 5.74) is 2.79. The van der Waals surface area contributed by atoms with Crippen LogP contribution in [-0.4, -0.2) is 11.9 Å². The normalized spacial score (nSPS) is 19.6. The molecule has 0 aliphatic heterocycles. The van der Waals surface area contributed by atoms with E-state index in [4.69, 9.17) is 4.42 Å². The first kappa shape index (κ1) is 17.6. The molecule has 0 unspecified atom stereocenters. The highest BCUT2D eigenvalue weighted by molar-refractivity contribution is 6.01. The molecule has 3 nitrogen and oxygen atoms in total. The van der Waals surface area contributed by atoms with Gasteiger partial charge in [-0.3, -0.25) is 4.79 Å². The van der Waals surface area contributed by atoms with Crippen molar-refractivity contribution in [3.63, 3.8) is 0 Å². The third kappa shape index (κ3) is 4.13. The van der Waals surface area contributed by atoms with Crippen molar-refractivity contribution in [2.24, 2.45) is 5.92 Å². The van der Waals surface area contributed by atoms with Crippen LogP contribution in [0.3, 0.4) is 0 Å². The van der Waals surface area contributed by atoms with Crippen molar-refractivity contribution in [3.05, 3.63) is 84.3 Å². The lowest BCUT2D eigenvalue weighted by Gasteiger charge is -2.32. The summed E-state index contributed by atoms with van der Waals surface area (Å²) >= 11 is 0. The topological polar surface area (TPSA) is 42.2 Å². The first-order valence-corrected chi connectivity index (χ1v) is 9.79. The van der Waals surface area contributed by atoms with Gasteiger partial charge in [0.25, 0.3) is 5.91 Å². The van der Waals surface area contributed by atoms with Gasteiger partial charge in [-0.25, -0.2) is 0 Å². The van der Waals surface area contributed by atoms with Gasteiger partial charge in [-0.2, -0.15) is 0 Å². The molecule has 2 atom stereocenters. The van der Waals surface area contributed by atoms with E-state index in [2.05, 4.69) is 5.32 Å². The van der Waals surface area contributed by atoms with E-state index in [-0.39, 0.29) is 11.9 Å². The average Bonchev–Trinajstić information content (AvgIpc) is 3.23. The van der Waals surface area contributed by atoms with E-state index in [9.17, 15) is 4.79 Å². The zero-order valence-corrected chi connectivity index (χ0v) is 15.4. The van der Waals surface area contributed by atoms with Crippen LogP contribution in [0.1, 0.15) is 41.8 Å². The average molecular weight is 359 g/mol. The van der Waals surface area contributed by atoms with Crippen LogP contribution in [0.15, 0.2) is 77.4 Å². The highest BCUT2D eigenvalue weighted by Gasteiger charge is 2.28. The monoisotopic (exact) mass is 359 g/mol. The number of carbonyl (C=O) groups is 1. The van der Waals surface area contributed by atoms with E-state index in [0.717, 1.165) is 41.7 Å². The Kier molecular flexibility index (Phi) is 5.38. The van der Waals surface area contributed by atoms with Crippen LogP contribution in [0.25, 0.3) is 11.1 Å². The lowest BCUT2D eigenvalue weighted by Crippen LogP contribution is -2.43. The van der Waals surface area contributed by atoms with Crippen molar-refractivity contribution in [1.29, 1.82) is 0 Å². The van der Waals surface area contributed by atoms with Gasteiger partial charge in [0, 0.05) is 18.0 Å². The molecule has 1 saturated carbocycles. The Morgan fingerprint density at radius 3 is 2.52 bits per heavy atom. The molecule has 1 aliphatic carbocycles. The van der Waals surface area contributed by atoms with E-state index in [0.29, 0.717) is 5.92 Å². The van der Waals surface area contributed by atoms with Gasteiger partial charge in [-0.15, -0.1) is 0 Å². The fraction of sp³-hybridized carbons (Fsp3) is 0.292. The summed E-state index contributed by atoms with van der Waals surface area (Å²) in [7, 11) is 0. The number of benzene rings is 2. The van der Waals surface area contributed by atoms with Gasteiger partial charge in [0.15, 0.2) is 0 Å². The lowest BCUT2D eigenvalue weighted by molar-refractivity contribution is 0.0904. The Balaban J connectivity index is 1.53. The number of amides is 1. The fourth-order valence-electron chi connectivity index (χ4n) is 4.13. The summed E-state index contributed by atoms with van der Waals surface area (Å²) in [6.45, 7) is 0. The second kappa shape index (κ2) is 8.26. The molecule has 0 spiro atoms. The second-order valence-corrected chi connectivity index (χ2v) is 7.32. The minimum Gasteiger partial charge on any atom is -0.469 e. The van der Waals surface area contributed by atoms with Crippen LogP contribution in [0.5, 0.6) is 0 Å². The summed E-state index contributed by atoms with van der Waals surface area (Å²) in [5, 5.41) is 3.33. The molecule has 3 aromatic rings. The number of nitrogens with one attached hydrogen (secondary N) is 1. The number of hydrogen-bond acceptors (Lipinski definition) is 2. The molecule has 2 aromatic carbocycles. The molecule has 0 bridgehead atoms. The summed E-state index contributed by atoms with van der Waals surface area (Å²) in [6.07, 6.45) is 7.16. The summed E-state index contributed by atoms with van der Waals surface area (Å²) < 4.78 is 5.54. The molecule has 1 heterocycles. The zero-order chi connectivity index (χ0) is 18.5. The van der Waals surface area contributed by atoms with Crippen molar-refractivity contribution in [1.82, 2.24) is 5.32 Å². The molecular weight excluding hydrogens is 334 g/mol. The Morgan fingerprint density at radius 1 is 0.926 bits per heavy atom. The highest BCUT2D eigenvalue weighted by atomic mass is 16.3. The quantitative estimate of drug-likeness (QED) is 0.655. The standard InChI is InChI=1S/C24H25NO2/c26-24(22-14-6-5-13-21(22)18-9-2-1-3-10-18)25-23-15-7-4-11-19(23)17-20-12-8-16-27-20/h1-3,5-6,8-10,12-14,16,19,23H,4,7,11,15,17H2,(H,25,26)/t19-,23-/m0/s1. The predicted molar refractivity (Wildman–Crippen MR) is 108 cm³/mol. The SMILES string of the molecule is O=C(N[C@H]1CCCC[C@H]1Cc1ccco1)c1ccccc1-c1ccccc1. The smallest absolute Gasteiger partial charge is 0.252 e. The van der Waals surface area contributed by atoms with E-state index >= 15 is 0 Å². The van der Waals surface area contributed by atoms with Crippen molar-refractivity contribution < 1.29 is 9.21 Å². The van der Waals surface area contributed by atoms with Gasteiger partial charge >= 0.3 is 0 Å². The maximum Gasteiger partial charge on any atom is 0.252 e. The third-order valence-corrected chi connectivity index (χ3v) is 5.53. The molecule has 138 valence electrons. The number of rotatable bonds is 5. The molecule has 1 N–H and O–H groups in total. The molecule has 1 aliphatic rings. The molecule has 0 radical (unpaired) electrons. The molecule has 3 heteroatoms. The van der Waals surface area contributed by atoms with Gasteiger partial charge in [0.1, 0.15) is 5.76 Å². The highest BCUT2D eigenvalue weighted by Crippen LogP contribution is 2.29. The van der Waals surface area contributed by atoms with Crippen molar-refractivity contribution in [2.75, 3.05) is 0 Å². The summed E-state index contributed by atoms with van der Waals surface area (Å²) in [4.78, 5) is 13.1. The Labute approximate surface area is 160 Å². The van der Waals surface area contributed by atoms with Gasteiger partial charge in [0.2, 0.25) is 0 Å². The van der Waals surface area contributed by atoms with Crippen LogP contribution >= 0.6 is 0 Å². The van der Waals surface area contributed by atoms with Crippen LogP contribution in [0.4, 0.5) is 0 Å². The maximum absolute atomic E-state index is 13.1. The molecule has 1 fully saturated rings. The van der Waals surface area contributed by atoms with E-state index in [1.807, 2.05) is 66.7 Å². The first-order valence-electron chi connectivity index (χ1n) is 9.79. The van der Waals surface area contributed by atoms with E-state index < -0.39 is 0 Å². The minimum atomic E-state index is 0.0193. The molecular formula is C24H25NO2. The van der Waals surface area contributed by atoms with E-state index in [1.165, 1.54) is 12.8 Å². The van der Waals surface area contributed by atoms with E-state index in [1.54, 1.807) is 6.26 Å². The molecule has 4 rings (SSSR count). The largest absolute Gasteiger partial charge is 0.469 e. The van der Waals surface area contributed by atoms with Gasteiger partial charge < -0.3 is 9.73 Å². The van der Waals surface area contributed by atoms with Crippen LogP contribution in [-0.2, 0) is 6.42 Å². The van der Waals surface area contributed by atoms with Gasteiger partial charge in [-0.05, 0) is 48.1 Å². The van der Waals surface area contributed by atoms with Crippen LogP contribution in [0.2, 0.25) is 0 Å². The predicted octanol–water partition coefficient (Wildman–Crippen LogP) is 5.48. The summed E-state index contributed by atoms with van der Waals surface area (Å²) in [6, 6.07) is 22.1. The third-order valence-electron chi connectivity index (χ3n) is 5.53.